The standard InChI is InChI=1S/C12H14N2O/c1-9-11(12(15)14-13-9)8-7-10-5-3-2-4-6-10/h2-6,11H,7-8H2,1H3,(H,14,15). The fourth-order valence-corrected chi connectivity index (χ4v) is 1.78. The first-order valence-corrected chi connectivity index (χ1v) is 5.15. The molecule has 1 heterocycles. The Labute approximate surface area is 89.2 Å². The van der Waals surface area contributed by atoms with Crippen LogP contribution < -0.4 is 5.43 Å². The lowest BCUT2D eigenvalue weighted by Gasteiger charge is -2.07. The Bertz CT molecular complexity index is 384. The third-order valence-electron chi connectivity index (χ3n) is 2.73. The van der Waals surface area contributed by atoms with E-state index in [0.717, 1.165) is 18.6 Å². The second-order valence-electron chi connectivity index (χ2n) is 3.81. The van der Waals surface area contributed by atoms with E-state index in [-0.39, 0.29) is 11.8 Å². The van der Waals surface area contributed by atoms with E-state index in [1.807, 2.05) is 25.1 Å². The summed E-state index contributed by atoms with van der Waals surface area (Å²) >= 11 is 0. The van der Waals surface area contributed by atoms with Gasteiger partial charge >= 0.3 is 0 Å². The fraction of sp³-hybridized carbons (Fsp3) is 0.333. The topological polar surface area (TPSA) is 41.5 Å². The minimum atomic E-state index is -0.0368. The summed E-state index contributed by atoms with van der Waals surface area (Å²) in [6.07, 6.45) is 1.76. The average Bonchev–Trinajstić information content (AvgIpc) is 2.58. The number of amides is 1. The molecule has 0 saturated heterocycles. The van der Waals surface area contributed by atoms with Crippen molar-refractivity contribution in [3.05, 3.63) is 35.9 Å². The van der Waals surface area contributed by atoms with E-state index in [2.05, 4.69) is 22.7 Å². The van der Waals surface area contributed by atoms with Crippen LogP contribution in [-0.2, 0) is 11.2 Å². The van der Waals surface area contributed by atoms with Crippen LogP contribution in [0.25, 0.3) is 0 Å². The number of hydrogen-bond donors (Lipinski definition) is 1. The Hall–Kier alpha value is -1.64. The van der Waals surface area contributed by atoms with Gasteiger partial charge in [-0.3, -0.25) is 4.79 Å². The number of hydrazone groups is 1. The molecule has 1 amide bonds. The minimum absolute atomic E-state index is 0.0310. The third kappa shape index (κ3) is 2.24. The first-order chi connectivity index (χ1) is 7.27. The van der Waals surface area contributed by atoms with E-state index in [4.69, 9.17) is 0 Å². The van der Waals surface area contributed by atoms with Crippen LogP contribution in [0.3, 0.4) is 0 Å². The number of carbonyl (C=O) groups excluding carboxylic acids is 1. The summed E-state index contributed by atoms with van der Waals surface area (Å²) in [4.78, 5) is 11.4. The molecule has 0 bridgehead atoms. The van der Waals surface area contributed by atoms with E-state index in [9.17, 15) is 4.79 Å². The molecule has 1 unspecified atom stereocenters. The fourth-order valence-electron chi connectivity index (χ4n) is 1.78. The maximum atomic E-state index is 11.4. The van der Waals surface area contributed by atoms with Gasteiger partial charge < -0.3 is 0 Å². The van der Waals surface area contributed by atoms with Gasteiger partial charge in [-0.25, -0.2) is 5.43 Å². The van der Waals surface area contributed by atoms with Gasteiger partial charge in [-0.05, 0) is 25.3 Å². The molecule has 1 aromatic carbocycles. The van der Waals surface area contributed by atoms with E-state index in [0.29, 0.717) is 0 Å². The van der Waals surface area contributed by atoms with Gasteiger partial charge in [0.15, 0.2) is 0 Å². The minimum Gasteiger partial charge on any atom is -0.272 e. The van der Waals surface area contributed by atoms with Crippen LogP contribution in [0.2, 0.25) is 0 Å². The highest BCUT2D eigenvalue weighted by Crippen LogP contribution is 2.15. The first-order valence-electron chi connectivity index (χ1n) is 5.15. The summed E-state index contributed by atoms with van der Waals surface area (Å²) in [5, 5.41) is 3.93. The highest BCUT2D eigenvalue weighted by Gasteiger charge is 2.25. The van der Waals surface area contributed by atoms with Gasteiger partial charge in [0.25, 0.3) is 0 Å². The SMILES string of the molecule is CC1=NNC(=O)C1CCc1ccccc1. The lowest BCUT2D eigenvalue weighted by atomic mass is 9.96. The van der Waals surface area contributed by atoms with Crippen LogP contribution in [0.5, 0.6) is 0 Å². The number of benzene rings is 1. The second kappa shape index (κ2) is 4.26. The van der Waals surface area contributed by atoms with E-state index in [1.54, 1.807) is 0 Å². The summed E-state index contributed by atoms with van der Waals surface area (Å²) in [6.45, 7) is 1.90. The van der Waals surface area contributed by atoms with Crippen LogP contribution in [0, 0.1) is 5.92 Å². The Morgan fingerprint density at radius 2 is 2.07 bits per heavy atom. The molecule has 1 aromatic rings. The molecule has 0 aliphatic carbocycles. The summed E-state index contributed by atoms with van der Waals surface area (Å²) in [5.74, 6) is -0.00589. The Kier molecular flexibility index (Phi) is 2.81. The molecule has 0 fully saturated rings. The lowest BCUT2D eigenvalue weighted by molar-refractivity contribution is -0.122. The maximum Gasteiger partial charge on any atom is 0.248 e. The van der Waals surface area contributed by atoms with Gasteiger partial charge in [0, 0.05) is 5.71 Å². The van der Waals surface area contributed by atoms with Crippen LogP contribution in [-0.4, -0.2) is 11.6 Å². The Morgan fingerprint density at radius 1 is 1.33 bits per heavy atom. The first kappa shape index (κ1) is 9.90. The van der Waals surface area contributed by atoms with Crippen LogP contribution in [0.15, 0.2) is 35.4 Å². The molecule has 0 spiro atoms. The molecule has 0 radical (unpaired) electrons. The van der Waals surface area contributed by atoms with E-state index >= 15 is 0 Å². The van der Waals surface area contributed by atoms with Crippen LogP contribution >= 0.6 is 0 Å². The lowest BCUT2D eigenvalue weighted by Crippen LogP contribution is -2.22. The predicted octanol–water partition coefficient (Wildman–Crippen LogP) is 1.74. The normalized spacial score (nSPS) is 19.9. The highest BCUT2D eigenvalue weighted by molar-refractivity contribution is 6.06. The van der Waals surface area contributed by atoms with Crippen molar-refractivity contribution in [2.45, 2.75) is 19.8 Å². The van der Waals surface area contributed by atoms with Crippen molar-refractivity contribution in [3.8, 4) is 0 Å². The van der Waals surface area contributed by atoms with Crippen molar-refractivity contribution in [2.24, 2.45) is 11.0 Å². The summed E-state index contributed by atoms with van der Waals surface area (Å²) < 4.78 is 0. The molecule has 1 N–H and O–H groups in total. The van der Waals surface area contributed by atoms with E-state index in [1.165, 1.54) is 5.56 Å². The van der Waals surface area contributed by atoms with Gasteiger partial charge in [0.05, 0.1) is 5.92 Å². The monoisotopic (exact) mass is 202 g/mol. The number of carbonyl (C=O) groups is 1. The van der Waals surface area contributed by atoms with Crippen molar-refractivity contribution >= 4 is 11.6 Å². The van der Waals surface area contributed by atoms with Crippen molar-refractivity contribution < 1.29 is 4.79 Å². The maximum absolute atomic E-state index is 11.4. The zero-order valence-electron chi connectivity index (χ0n) is 8.73. The smallest absolute Gasteiger partial charge is 0.248 e. The molecule has 0 aromatic heterocycles. The number of aryl methyl sites for hydroxylation is 1. The number of nitrogens with one attached hydrogen (secondary N) is 1. The van der Waals surface area contributed by atoms with Crippen molar-refractivity contribution in [1.29, 1.82) is 0 Å². The zero-order valence-corrected chi connectivity index (χ0v) is 8.73. The molecule has 1 atom stereocenters. The predicted molar refractivity (Wildman–Crippen MR) is 59.5 cm³/mol. The van der Waals surface area contributed by atoms with Gasteiger partial charge in [0.1, 0.15) is 0 Å². The number of nitrogens with zero attached hydrogens (tertiary/aromatic N) is 1. The van der Waals surface area contributed by atoms with Crippen molar-refractivity contribution in [1.82, 2.24) is 5.43 Å². The molecule has 78 valence electrons. The van der Waals surface area contributed by atoms with E-state index < -0.39 is 0 Å². The van der Waals surface area contributed by atoms with Crippen LogP contribution in [0.1, 0.15) is 18.9 Å². The van der Waals surface area contributed by atoms with Crippen molar-refractivity contribution in [2.75, 3.05) is 0 Å². The quantitative estimate of drug-likeness (QED) is 0.797. The summed E-state index contributed by atoms with van der Waals surface area (Å²) in [5.41, 5.74) is 4.67. The summed E-state index contributed by atoms with van der Waals surface area (Å²) in [7, 11) is 0. The molecule has 1 aliphatic rings. The molecule has 3 heteroatoms. The highest BCUT2D eigenvalue weighted by atomic mass is 16.2. The molecular weight excluding hydrogens is 188 g/mol. The average molecular weight is 202 g/mol. The zero-order chi connectivity index (χ0) is 10.7. The molecule has 1 aliphatic heterocycles. The van der Waals surface area contributed by atoms with Crippen molar-refractivity contribution in [3.63, 3.8) is 0 Å². The summed E-state index contributed by atoms with van der Waals surface area (Å²) in [6, 6.07) is 10.2. The van der Waals surface area contributed by atoms with Gasteiger partial charge in [-0.15, -0.1) is 0 Å². The van der Waals surface area contributed by atoms with Gasteiger partial charge in [0.2, 0.25) is 5.91 Å². The Morgan fingerprint density at radius 3 is 2.67 bits per heavy atom. The van der Waals surface area contributed by atoms with Gasteiger partial charge in [-0.1, -0.05) is 30.3 Å². The molecule has 15 heavy (non-hydrogen) atoms. The molecular formula is C12H14N2O. The third-order valence-corrected chi connectivity index (χ3v) is 2.73. The number of hydrogen-bond acceptors (Lipinski definition) is 2. The largest absolute Gasteiger partial charge is 0.272 e. The molecule has 3 nitrogen and oxygen atoms in total. The number of rotatable bonds is 3. The Balaban J connectivity index is 1.94. The van der Waals surface area contributed by atoms with Crippen LogP contribution in [0.4, 0.5) is 0 Å². The molecule has 2 rings (SSSR count). The molecule has 0 saturated carbocycles. The van der Waals surface area contributed by atoms with Gasteiger partial charge in [-0.2, -0.15) is 5.10 Å². The second-order valence-corrected chi connectivity index (χ2v) is 3.81.